The molecule has 9 atom stereocenters. The topological polar surface area (TPSA) is 60.4 Å². The van der Waals surface area contributed by atoms with Crippen molar-refractivity contribution < 1.29 is 19.1 Å². The van der Waals surface area contributed by atoms with Crippen LogP contribution < -0.4 is 0 Å². The first kappa shape index (κ1) is 16.5. The van der Waals surface area contributed by atoms with Crippen molar-refractivity contribution in [3.8, 4) is 0 Å². The normalized spacial score (nSPS) is 50.7. The number of rotatable bonds is 3. The summed E-state index contributed by atoms with van der Waals surface area (Å²) in [4.78, 5) is 35.7. The maximum Gasteiger partial charge on any atom is 0.293 e. The van der Waals surface area contributed by atoms with E-state index < -0.39 is 0 Å². The van der Waals surface area contributed by atoms with E-state index in [1.54, 1.807) is 6.92 Å². The molecule has 3 fully saturated rings. The van der Waals surface area contributed by atoms with Gasteiger partial charge in [-0.2, -0.15) is 0 Å². The number of allylic oxidation sites excluding steroid dienone is 4. The Labute approximate surface area is 154 Å². The van der Waals surface area contributed by atoms with E-state index >= 15 is 0 Å². The molecule has 0 bridgehead atoms. The van der Waals surface area contributed by atoms with Gasteiger partial charge in [0.25, 0.3) is 6.47 Å². The summed E-state index contributed by atoms with van der Waals surface area (Å²) >= 11 is 0. The van der Waals surface area contributed by atoms with Gasteiger partial charge >= 0.3 is 0 Å². The SMILES string of the molecule is CC(=O)C1CCC2C3C=CC4=CC(=O)C5CC5C4C3C(OC=O)CC12C. The average molecular weight is 354 g/mol. The lowest BCUT2D eigenvalue weighted by Crippen LogP contribution is -2.53. The fourth-order valence-corrected chi connectivity index (χ4v) is 7.33. The average Bonchev–Trinajstić information content (AvgIpc) is 3.31. The molecule has 5 rings (SSSR count). The minimum absolute atomic E-state index is 0.0677. The van der Waals surface area contributed by atoms with E-state index in [2.05, 4.69) is 19.1 Å². The lowest BCUT2D eigenvalue weighted by atomic mass is 9.51. The van der Waals surface area contributed by atoms with Crippen molar-refractivity contribution in [2.24, 2.45) is 46.8 Å². The van der Waals surface area contributed by atoms with E-state index in [-0.39, 0.29) is 40.8 Å². The van der Waals surface area contributed by atoms with E-state index in [1.165, 1.54) is 0 Å². The highest BCUT2D eigenvalue weighted by atomic mass is 16.5. The summed E-state index contributed by atoms with van der Waals surface area (Å²) in [6.07, 6.45) is 9.85. The molecule has 4 heteroatoms. The Morgan fingerprint density at radius 1 is 1.35 bits per heavy atom. The first-order valence-corrected chi connectivity index (χ1v) is 9.99. The Morgan fingerprint density at radius 3 is 2.88 bits per heavy atom. The molecule has 5 aliphatic rings. The Balaban J connectivity index is 1.58. The molecule has 0 aliphatic heterocycles. The number of fused-ring (bicyclic) bond motifs is 7. The molecule has 26 heavy (non-hydrogen) atoms. The molecular weight excluding hydrogens is 328 g/mol. The van der Waals surface area contributed by atoms with Crippen LogP contribution in [0.25, 0.3) is 0 Å². The minimum atomic E-state index is -0.161. The van der Waals surface area contributed by atoms with Crippen molar-refractivity contribution in [3.05, 3.63) is 23.8 Å². The van der Waals surface area contributed by atoms with E-state index in [0.717, 1.165) is 31.3 Å². The molecule has 0 spiro atoms. The van der Waals surface area contributed by atoms with E-state index in [9.17, 15) is 14.4 Å². The highest BCUT2D eigenvalue weighted by molar-refractivity contribution is 5.96. The van der Waals surface area contributed by atoms with Gasteiger partial charge in [-0.1, -0.05) is 19.1 Å². The van der Waals surface area contributed by atoms with Gasteiger partial charge < -0.3 is 4.74 Å². The smallest absolute Gasteiger partial charge is 0.293 e. The van der Waals surface area contributed by atoms with Gasteiger partial charge in [0.1, 0.15) is 11.9 Å². The highest BCUT2D eigenvalue weighted by Crippen LogP contribution is 2.66. The van der Waals surface area contributed by atoms with Crippen LogP contribution in [-0.4, -0.2) is 24.1 Å². The van der Waals surface area contributed by atoms with Crippen LogP contribution in [0.1, 0.15) is 39.5 Å². The molecule has 0 aromatic heterocycles. The number of carbonyl (C=O) groups excluding carboxylic acids is 3. The Morgan fingerprint density at radius 2 is 2.15 bits per heavy atom. The van der Waals surface area contributed by atoms with Crippen molar-refractivity contribution in [1.29, 1.82) is 0 Å². The van der Waals surface area contributed by atoms with Crippen molar-refractivity contribution in [2.75, 3.05) is 0 Å². The van der Waals surface area contributed by atoms with Crippen LogP contribution in [0.15, 0.2) is 23.8 Å². The molecule has 9 unspecified atom stereocenters. The zero-order valence-corrected chi connectivity index (χ0v) is 15.4. The summed E-state index contributed by atoms with van der Waals surface area (Å²) in [7, 11) is 0. The van der Waals surface area contributed by atoms with Crippen LogP contribution in [-0.2, 0) is 19.1 Å². The van der Waals surface area contributed by atoms with Gasteiger partial charge in [-0.3, -0.25) is 14.4 Å². The third-order valence-corrected chi connectivity index (χ3v) is 8.40. The maximum atomic E-state index is 12.3. The van der Waals surface area contributed by atoms with Gasteiger partial charge in [0, 0.05) is 17.8 Å². The fourth-order valence-electron chi connectivity index (χ4n) is 7.33. The summed E-state index contributed by atoms with van der Waals surface area (Å²) in [5.74, 6) is 2.60. The number of carbonyl (C=O) groups is 3. The van der Waals surface area contributed by atoms with E-state index in [1.807, 2.05) is 6.08 Å². The molecule has 0 heterocycles. The molecular formula is C22H26O4. The first-order chi connectivity index (χ1) is 12.5. The minimum Gasteiger partial charge on any atom is -0.464 e. The van der Waals surface area contributed by atoms with Gasteiger partial charge in [0.05, 0.1) is 0 Å². The van der Waals surface area contributed by atoms with Crippen LogP contribution >= 0.6 is 0 Å². The number of ketones is 2. The quantitative estimate of drug-likeness (QED) is 0.731. The van der Waals surface area contributed by atoms with Gasteiger partial charge in [0.15, 0.2) is 5.78 Å². The highest BCUT2D eigenvalue weighted by Gasteiger charge is 2.63. The van der Waals surface area contributed by atoms with Gasteiger partial charge in [-0.25, -0.2) is 0 Å². The summed E-state index contributed by atoms with van der Waals surface area (Å²) in [6, 6.07) is 0. The van der Waals surface area contributed by atoms with E-state index in [4.69, 9.17) is 4.74 Å². The molecule has 0 aromatic carbocycles. The zero-order chi connectivity index (χ0) is 18.2. The number of ether oxygens (including phenoxy) is 1. The molecule has 0 radical (unpaired) electrons. The molecule has 3 saturated carbocycles. The lowest BCUT2D eigenvalue weighted by molar-refractivity contribution is -0.153. The second kappa shape index (κ2) is 5.40. The van der Waals surface area contributed by atoms with Crippen LogP contribution in [0.3, 0.4) is 0 Å². The Bertz CT molecular complexity index is 749. The van der Waals surface area contributed by atoms with Gasteiger partial charge in [-0.05, 0) is 73.3 Å². The Kier molecular flexibility index (Phi) is 3.42. The number of hydrogen-bond donors (Lipinski definition) is 0. The second-order valence-electron chi connectivity index (χ2n) is 9.42. The third-order valence-electron chi connectivity index (χ3n) is 8.40. The van der Waals surface area contributed by atoms with E-state index in [0.29, 0.717) is 30.1 Å². The summed E-state index contributed by atoms with van der Waals surface area (Å²) in [5, 5.41) is 0. The monoisotopic (exact) mass is 354 g/mol. The molecule has 0 saturated heterocycles. The van der Waals surface area contributed by atoms with Gasteiger partial charge in [0.2, 0.25) is 0 Å². The molecule has 5 aliphatic carbocycles. The largest absolute Gasteiger partial charge is 0.464 e. The standard InChI is InChI=1S/C22H26O4/c1-11(24)16-5-6-17-13-4-3-12-7-18(25)14-8-15(14)20(12)21(13)19(26-10-23)9-22(16,17)2/h3-4,7,10,13-17,19-21H,5-6,8-9H2,1-2H3. The van der Waals surface area contributed by atoms with Crippen LogP contribution in [0.2, 0.25) is 0 Å². The Hall–Kier alpha value is -1.71. The molecule has 0 N–H and O–H groups in total. The molecule has 138 valence electrons. The number of Topliss-reactive ketones (excluding diaryl/α,β-unsaturated/α-hetero) is 1. The molecule has 0 amide bonds. The van der Waals surface area contributed by atoms with Crippen molar-refractivity contribution in [1.82, 2.24) is 0 Å². The molecule has 4 nitrogen and oxygen atoms in total. The van der Waals surface area contributed by atoms with Crippen molar-refractivity contribution in [3.63, 3.8) is 0 Å². The maximum absolute atomic E-state index is 12.3. The van der Waals surface area contributed by atoms with Crippen LogP contribution in [0.4, 0.5) is 0 Å². The fraction of sp³-hybridized carbons (Fsp3) is 0.682. The zero-order valence-electron chi connectivity index (χ0n) is 15.4. The van der Waals surface area contributed by atoms with Crippen molar-refractivity contribution in [2.45, 2.75) is 45.6 Å². The van der Waals surface area contributed by atoms with Crippen molar-refractivity contribution >= 4 is 18.0 Å². The summed E-state index contributed by atoms with van der Waals surface area (Å²) in [5.41, 5.74) is 1.04. The third kappa shape index (κ3) is 2.04. The predicted molar refractivity (Wildman–Crippen MR) is 94.9 cm³/mol. The lowest BCUT2D eigenvalue weighted by Gasteiger charge is -2.54. The molecule has 0 aromatic rings. The first-order valence-electron chi connectivity index (χ1n) is 9.99. The van der Waals surface area contributed by atoms with Crippen LogP contribution in [0, 0.1) is 46.8 Å². The number of hydrogen-bond acceptors (Lipinski definition) is 4. The summed E-state index contributed by atoms with van der Waals surface area (Å²) in [6.45, 7) is 4.53. The van der Waals surface area contributed by atoms with Gasteiger partial charge in [-0.15, -0.1) is 0 Å². The van der Waals surface area contributed by atoms with Crippen LogP contribution in [0.5, 0.6) is 0 Å². The predicted octanol–water partition coefficient (Wildman–Crippen LogP) is 3.12. The second-order valence-corrected chi connectivity index (χ2v) is 9.42. The summed E-state index contributed by atoms with van der Waals surface area (Å²) < 4.78 is 5.66.